The number of nitrogens with one attached hydrogen (secondary N) is 2. The first kappa shape index (κ1) is 17.6. The lowest BCUT2D eigenvalue weighted by atomic mass is 10.1. The zero-order chi connectivity index (χ0) is 17.5. The van der Waals surface area contributed by atoms with Crippen LogP contribution in [0.25, 0.3) is 0 Å². The van der Waals surface area contributed by atoms with Gasteiger partial charge < -0.3 is 15.4 Å². The molecule has 5 nitrogen and oxygen atoms in total. The van der Waals surface area contributed by atoms with Crippen molar-refractivity contribution in [3.63, 3.8) is 0 Å². The molecule has 0 saturated carbocycles. The van der Waals surface area contributed by atoms with Gasteiger partial charge in [-0.05, 0) is 42.9 Å². The fourth-order valence-corrected chi connectivity index (χ4v) is 2.21. The lowest BCUT2D eigenvalue weighted by molar-refractivity contribution is 0.380. The number of rotatable bonds is 5. The van der Waals surface area contributed by atoms with Crippen molar-refractivity contribution in [2.24, 2.45) is 0 Å². The van der Waals surface area contributed by atoms with Crippen LogP contribution in [-0.2, 0) is 6.42 Å². The first-order chi connectivity index (χ1) is 11.6. The van der Waals surface area contributed by atoms with E-state index in [2.05, 4.69) is 15.6 Å². The molecule has 24 heavy (non-hydrogen) atoms. The molecule has 0 unspecified atom stereocenters. The Kier molecular flexibility index (Phi) is 5.98. The third-order valence-corrected chi connectivity index (χ3v) is 3.44. The number of nitrogens with zero attached hydrogens (tertiary/aromatic N) is 2. The van der Waals surface area contributed by atoms with Gasteiger partial charge in [-0.1, -0.05) is 0 Å². The Labute approximate surface area is 143 Å². The molecule has 1 aromatic heterocycles. The summed E-state index contributed by atoms with van der Waals surface area (Å²) >= 11 is 5.09. The summed E-state index contributed by atoms with van der Waals surface area (Å²) in [5.74, 6) is -1.07. The molecule has 0 atom stereocenters. The molecule has 2 rings (SSSR count). The lowest BCUT2D eigenvalue weighted by Crippen LogP contribution is -2.31. The highest BCUT2D eigenvalue weighted by Gasteiger charge is 2.14. The quantitative estimate of drug-likeness (QED) is 0.810. The first-order valence-electron chi connectivity index (χ1n) is 6.97. The standard InChI is InChI=1S/C16H14F2N4OS/c1-23-13-5-4-12(17)11(14(13)18)6-8-21-16(24)22-15-10(9-19)3-2-7-20-15/h2-5,7H,6,8H2,1H3,(H2,20,21,22,24). The fourth-order valence-electron chi connectivity index (χ4n) is 2.01. The Bertz CT molecular complexity index is 792. The van der Waals surface area contributed by atoms with Gasteiger partial charge in [-0.25, -0.2) is 13.8 Å². The molecule has 0 fully saturated rings. The molecule has 0 radical (unpaired) electrons. The molecule has 124 valence electrons. The van der Waals surface area contributed by atoms with Crippen molar-refractivity contribution in [1.29, 1.82) is 5.26 Å². The smallest absolute Gasteiger partial charge is 0.171 e. The highest BCUT2D eigenvalue weighted by Crippen LogP contribution is 2.23. The molecular formula is C16H14F2N4OS. The minimum Gasteiger partial charge on any atom is -0.494 e. The van der Waals surface area contributed by atoms with Crippen LogP contribution in [0, 0.1) is 23.0 Å². The summed E-state index contributed by atoms with van der Waals surface area (Å²) in [6, 6.07) is 7.60. The predicted octanol–water partition coefficient (Wildman–Crippen LogP) is 2.77. The molecular weight excluding hydrogens is 334 g/mol. The van der Waals surface area contributed by atoms with E-state index in [-0.39, 0.29) is 29.4 Å². The van der Waals surface area contributed by atoms with Crippen molar-refractivity contribution in [2.45, 2.75) is 6.42 Å². The number of ether oxygens (including phenoxy) is 1. The number of hydrogen-bond donors (Lipinski definition) is 2. The van der Waals surface area contributed by atoms with Crippen LogP contribution in [0.4, 0.5) is 14.6 Å². The van der Waals surface area contributed by atoms with E-state index in [1.165, 1.54) is 19.4 Å². The predicted molar refractivity (Wildman–Crippen MR) is 89.8 cm³/mol. The minimum atomic E-state index is -0.727. The average Bonchev–Trinajstić information content (AvgIpc) is 2.58. The van der Waals surface area contributed by atoms with Crippen LogP contribution in [-0.4, -0.2) is 23.8 Å². The Hall–Kier alpha value is -2.79. The minimum absolute atomic E-state index is 0.0146. The van der Waals surface area contributed by atoms with Gasteiger partial charge in [0, 0.05) is 18.3 Å². The molecule has 0 amide bonds. The van der Waals surface area contributed by atoms with E-state index in [1.807, 2.05) is 6.07 Å². The Balaban J connectivity index is 1.95. The second-order valence-electron chi connectivity index (χ2n) is 4.68. The molecule has 1 aromatic carbocycles. The summed E-state index contributed by atoms with van der Waals surface area (Å²) < 4.78 is 32.6. The third-order valence-electron chi connectivity index (χ3n) is 3.19. The number of aromatic nitrogens is 1. The van der Waals surface area contributed by atoms with E-state index in [4.69, 9.17) is 22.2 Å². The zero-order valence-corrected chi connectivity index (χ0v) is 13.6. The van der Waals surface area contributed by atoms with Crippen molar-refractivity contribution < 1.29 is 13.5 Å². The van der Waals surface area contributed by atoms with Crippen LogP contribution < -0.4 is 15.4 Å². The monoisotopic (exact) mass is 348 g/mol. The van der Waals surface area contributed by atoms with Gasteiger partial charge >= 0.3 is 0 Å². The highest BCUT2D eigenvalue weighted by atomic mass is 32.1. The van der Waals surface area contributed by atoms with Crippen molar-refractivity contribution in [2.75, 3.05) is 19.0 Å². The van der Waals surface area contributed by atoms with Gasteiger partial charge in [0.15, 0.2) is 16.7 Å². The highest BCUT2D eigenvalue weighted by molar-refractivity contribution is 7.80. The van der Waals surface area contributed by atoms with Crippen LogP contribution in [0.15, 0.2) is 30.5 Å². The summed E-state index contributed by atoms with van der Waals surface area (Å²) in [7, 11) is 1.32. The summed E-state index contributed by atoms with van der Waals surface area (Å²) in [5.41, 5.74) is 0.256. The molecule has 0 saturated heterocycles. The van der Waals surface area contributed by atoms with Crippen molar-refractivity contribution in [1.82, 2.24) is 10.3 Å². The summed E-state index contributed by atoms with van der Waals surface area (Å²) in [5, 5.41) is 14.8. The maximum Gasteiger partial charge on any atom is 0.171 e. The van der Waals surface area contributed by atoms with Crippen molar-refractivity contribution >= 4 is 23.1 Å². The van der Waals surface area contributed by atoms with Gasteiger partial charge in [-0.2, -0.15) is 5.26 Å². The van der Waals surface area contributed by atoms with Crippen LogP contribution in [0.3, 0.4) is 0 Å². The van der Waals surface area contributed by atoms with Gasteiger partial charge in [-0.15, -0.1) is 0 Å². The van der Waals surface area contributed by atoms with Gasteiger partial charge in [0.2, 0.25) is 0 Å². The fraction of sp³-hybridized carbons (Fsp3) is 0.188. The van der Waals surface area contributed by atoms with Crippen LogP contribution >= 0.6 is 12.2 Å². The molecule has 1 heterocycles. The largest absolute Gasteiger partial charge is 0.494 e. The summed E-state index contributed by atoms with van der Waals surface area (Å²) in [4.78, 5) is 4.01. The molecule has 0 aliphatic carbocycles. The van der Waals surface area contributed by atoms with Crippen molar-refractivity contribution in [3.8, 4) is 11.8 Å². The van der Waals surface area contributed by atoms with E-state index in [1.54, 1.807) is 12.1 Å². The van der Waals surface area contributed by atoms with Gasteiger partial charge in [0.1, 0.15) is 17.7 Å². The van der Waals surface area contributed by atoms with Crippen LogP contribution in [0.5, 0.6) is 5.75 Å². The number of pyridine rings is 1. The van der Waals surface area contributed by atoms with Gasteiger partial charge in [0.25, 0.3) is 0 Å². The Morgan fingerprint density at radius 1 is 1.38 bits per heavy atom. The lowest BCUT2D eigenvalue weighted by Gasteiger charge is -2.12. The van der Waals surface area contributed by atoms with E-state index in [9.17, 15) is 8.78 Å². The van der Waals surface area contributed by atoms with Gasteiger partial charge in [0.05, 0.1) is 12.7 Å². The third kappa shape index (κ3) is 4.14. The van der Waals surface area contributed by atoms with Crippen LogP contribution in [0.1, 0.15) is 11.1 Å². The topological polar surface area (TPSA) is 70.0 Å². The average molecular weight is 348 g/mol. The molecule has 0 aliphatic rings. The Morgan fingerprint density at radius 2 is 2.17 bits per heavy atom. The number of benzene rings is 1. The van der Waals surface area contributed by atoms with E-state index in [0.29, 0.717) is 11.4 Å². The second kappa shape index (κ2) is 8.17. The number of halogens is 2. The van der Waals surface area contributed by atoms with Crippen LogP contribution in [0.2, 0.25) is 0 Å². The molecule has 0 bridgehead atoms. The normalized spacial score (nSPS) is 9.92. The summed E-state index contributed by atoms with van der Waals surface area (Å²) in [6.07, 6.45) is 1.59. The van der Waals surface area contributed by atoms with E-state index < -0.39 is 11.6 Å². The molecule has 0 spiro atoms. The summed E-state index contributed by atoms with van der Waals surface area (Å²) in [6.45, 7) is 0.196. The van der Waals surface area contributed by atoms with Crippen molar-refractivity contribution in [3.05, 3.63) is 53.2 Å². The second-order valence-corrected chi connectivity index (χ2v) is 5.09. The molecule has 2 N–H and O–H groups in total. The maximum atomic E-state index is 14.0. The van der Waals surface area contributed by atoms with Gasteiger partial charge in [-0.3, -0.25) is 0 Å². The zero-order valence-electron chi connectivity index (χ0n) is 12.8. The molecule has 8 heteroatoms. The number of nitriles is 1. The number of anilines is 1. The number of thiocarbonyl (C=S) groups is 1. The maximum absolute atomic E-state index is 14.0. The number of hydrogen-bond acceptors (Lipinski definition) is 4. The molecule has 0 aliphatic heterocycles. The molecule has 2 aromatic rings. The number of methoxy groups -OCH3 is 1. The SMILES string of the molecule is COc1ccc(F)c(CCNC(=S)Nc2ncccc2C#N)c1F. The Morgan fingerprint density at radius 3 is 2.88 bits per heavy atom. The van der Waals surface area contributed by atoms with E-state index >= 15 is 0 Å². The van der Waals surface area contributed by atoms with E-state index in [0.717, 1.165) is 6.07 Å². The first-order valence-corrected chi connectivity index (χ1v) is 7.38.